The molecule has 1 aromatic carbocycles. The van der Waals surface area contributed by atoms with Crippen LogP contribution >= 0.6 is 23.4 Å². The zero-order chi connectivity index (χ0) is 15.2. The van der Waals surface area contributed by atoms with Gasteiger partial charge in [-0.25, -0.2) is 4.68 Å². The van der Waals surface area contributed by atoms with Crippen molar-refractivity contribution in [2.45, 2.75) is 18.5 Å². The Hall–Kier alpha value is -1.73. The highest BCUT2D eigenvalue weighted by molar-refractivity contribution is 7.99. The Morgan fingerprint density at radius 1 is 1.38 bits per heavy atom. The van der Waals surface area contributed by atoms with Gasteiger partial charge in [0.1, 0.15) is 0 Å². The predicted molar refractivity (Wildman–Crippen MR) is 82.6 cm³/mol. The molecule has 0 radical (unpaired) electrons. The summed E-state index contributed by atoms with van der Waals surface area (Å²) >= 11 is 7.03. The topological polar surface area (TPSA) is 83.0 Å². The molecule has 2 N–H and O–H groups in total. The average Bonchev–Trinajstić information content (AvgIpc) is 2.85. The summed E-state index contributed by atoms with van der Waals surface area (Å²) in [5.41, 5.74) is 0.801. The van der Waals surface area contributed by atoms with Gasteiger partial charge in [0.15, 0.2) is 5.82 Å². The Labute approximate surface area is 131 Å². The number of nitrogens with zero attached hydrogens (tertiary/aromatic N) is 3. The van der Waals surface area contributed by atoms with E-state index in [9.17, 15) is 4.79 Å². The van der Waals surface area contributed by atoms with E-state index in [-0.39, 0.29) is 11.7 Å². The molecule has 1 heterocycles. The van der Waals surface area contributed by atoms with E-state index in [1.54, 1.807) is 24.3 Å². The monoisotopic (exact) mass is 326 g/mol. The van der Waals surface area contributed by atoms with E-state index >= 15 is 0 Å². The van der Waals surface area contributed by atoms with Crippen LogP contribution in [-0.2, 0) is 9.53 Å². The number of nitrogens with two attached hydrogens (primary N) is 1. The number of hydrogen-bond donors (Lipinski definition) is 1. The minimum atomic E-state index is -0.294. The lowest BCUT2D eigenvalue weighted by Crippen LogP contribution is -2.13. The van der Waals surface area contributed by atoms with Gasteiger partial charge in [-0.3, -0.25) is 4.79 Å². The fourth-order valence-electron chi connectivity index (χ4n) is 1.55. The van der Waals surface area contributed by atoms with Crippen LogP contribution in [0.4, 0.5) is 0 Å². The molecule has 0 amide bonds. The molecular weight excluding hydrogens is 312 g/mol. The van der Waals surface area contributed by atoms with Crippen molar-refractivity contribution in [3.8, 4) is 11.4 Å². The molecular formula is C13H15ClN4O2S. The molecule has 2 aromatic rings. The molecule has 0 aliphatic carbocycles. The lowest BCUT2D eigenvalue weighted by Gasteiger charge is -2.04. The van der Waals surface area contributed by atoms with Crippen LogP contribution in [0.15, 0.2) is 29.4 Å². The smallest absolute Gasteiger partial charge is 0.316 e. The minimum absolute atomic E-state index is 0.149. The Bertz CT molecular complexity index is 615. The molecule has 6 nitrogen and oxygen atoms in total. The van der Waals surface area contributed by atoms with Gasteiger partial charge in [-0.2, -0.15) is 0 Å². The molecule has 0 aliphatic rings. The normalized spacial score (nSPS) is 10.6. The summed E-state index contributed by atoms with van der Waals surface area (Å²) in [7, 11) is 0. The first-order chi connectivity index (χ1) is 10.1. The second kappa shape index (κ2) is 7.33. The third-order valence-corrected chi connectivity index (χ3v) is 3.72. The number of rotatable bonds is 6. The maximum atomic E-state index is 11.4. The van der Waals surface area contributed by atoms with Gasteiger partial charge < -0.3 is 10.6 Å². The molecule has 1 aromatic heterocycles. The number of thioether (sulfide) groups is 1. The van der Waals surface area contributed by atoms with Crippen LogP contribution < -0.4 is 5.84 Å². The minimum Gasteiger partial charge on any atom is -0.465 e. The van der Waals surface area contributed by atoms with E-state index in [2.05, 4.69) is 10.2 Å². The number of carbonyl (C=O) groups excluding carboxylic acids is 1. The van der Waals surface area contributed by atoms with Gasteiger partial charge in [-0.15, -0.1) is 10.2 Å². The Kier molecular flexibility index (Phi) is 5.46. The van der Waals surface area contributed by atoms with Crippen LogP contribution in [0.3, 0.4) is 0 Å². The number of benzene rings is 1. The molecule has 0 atom stereocenters. The molecule has 0 spiro atoms. The van der Waals surface area contributed by atoms with Crippen molar-refractivity contribution < 1.29 is 9.53 Å². The van der Waals surface area contributed by atoms with E-state index < -0.39 is 0 Å². The van der Waals surface area contributed by atoms with Crippen molar-refractivity contribution in [3.63, 3.8) is 0 Å². The fraction of sp³-hybridized carbons (Fsp3) is 0.308. The third-order valence-electron chi connectivity index (χ3n) is 2.55. The fourth-order valence-corrected chi connectivity index (χ4v) is 2.33. The molecule has 0 saturated heterocycles. The number of esters is 1. The summed E-state index contributed by atoms with van der Waals surface area (Å²) in [6.45, 7) is 2.36. The summed E-state index contributed by atoms with van der Waals surface area (Å²) in [6.07, 6.45) is 0.796. The van der Waals surface area contributed by atoms with Crippen LogP contribution in [0, 0.1) is 0 Å². The third kappa shape index (κ3) is 4.12. The van der Waals surface area contributed by atoms with Crippen LogP contribution in [0.1, 0.15) is 13.3 Å². The SMILES string of the molecule is CCCOC(=O)CSc1nnc(-c2ccc(Cl)cc2)n1N. The highest BCUT2D eigenvalue weighted by atomic mass is 35.5. The quantitative estimate of drug-likeness (QED) is 0.498. The Morgan fingerprint density at radius 2 is 2.10 bits per heavy atom. The van der Waals surface area contributed by atoms with Crippen LogP contribution in [0.5, 0.6) is 0 Å². The predicted octanol–water partition coefficient (Wildman–Crippen LogP) is 2.36. The first-order valence-electron chi connectivity index (χ1n) is 6.36. The van der Waals surface area contributed by atoms with E-state index in [1.165, 1.54) is 16.4 Å². The maximum Gasteiger partial charge on any atom is 0.316 e. The van der Waals surface area contributed by atoms with Crippen molar-refractivity contribution in [3.05, 3.63) is 29.3 Å². The van der Waals surface area contributed by atoms with Gasteiger partial charge in [0, 0.05) is 10.6 Å². The zero-order valence-electron chi connectivity index (χ0n) is 11.5. The van der Waals surface area contributed by atoms with Crippen molar-refractivity contribution in [2.75, 3.05) is 18.2 Å². The number of hydrogen-bond acceptors (Lipinski definition) is 6. The molecule has 112 valence electrons. The lowest BCUT2D eigenvalue weighted by atomic mass is 10.2. The highest BCUT2D eigenvalue weighted by Crippen LogP contribution is 2.22. The molecule has 8 heteroatoms. The van der Waals surface area contributed by atoms with Gasteiger partial charge in [-0.05, 0) is 30.7 Å². The van der Waals surface area contributed by atoms with E-state index in [4.69, 9.17) is 22.2 Å². The first kappa shape index (κ1) is 15.7. The van der Waals surface area contributed by atoms with Gasteiger partial charge in [-0.1, -0.05) is 30.3 Å². The maximum absolute atomic E-state index is 11.4. The number of nitrogen functional groups attached to an aromatic ring is 1. The number of carbonyl (C=O) groups is 1. The summed E-state index contributed by atoms with van der Waals surface area (Å²) in [4.78, 5) is 11.4. The summed E-state index contributed by atoms with van der Waals surface area (Å²) in [6, 6.07) is 7.11. The first-order valence-corrected chi connectivity index (χ1v) is 7.73. The van der Waals surface area contributed by atoms with Crippen molar-refractivity contribution >= 4 is 29.3 Å². The van der Waals surface area contributed by atoms with Crippen LogP contribution in [0.2, 0.25) is 5.02 Å². The average molecular weight is 327 g/mol. The lowest BCUT2D eigenvalue weighted by molar-refractivity contribution is -0.140. The summed E-state index contributed by atoms with van der Waals surface area (Å²) in [5, 5.41) is 9.09. The van der Waals surface area contributed by atoms with Crippen molar-refractivity contribution in [1.29, 1.82) is 0 Å². The van der Waals surface area contributed by atoms with Crippen molar-refractivity contribution in [1.82, 2.24) is 14.9 Å². The van der Waals surface area contributed by atoms with Crippen LogP contribution in [-0.4, -0.2) is 33.2 Å². The molecule has 2 rings (SSSR count). The Balaban J connectivity index is 2.03. The van der Waals surface area contributed by atoms with E-state index in [0.29, 0.717) is 22.6 Å². The molecule has 0 saturated carbocycles. The number of halogens is 1. The molecule has 0 bridgehead atoms. The molecule has 21 heavy (non-hydrogen) atoms. The van der Waals surface area contributed by atoms with Crippen molar-refractivity contribution in [2.24, 2.45) is 0 Å². The molecule has 0 unspecified atom stereocenters. The second-order valence-electron chi connectivity index (χ2n) is 4.19. The van der Waals surface area contributed by atoms with Gasteiger partial charge >= 0.3 is 5.97 Å². The number of ether oxygens (including phenoxy) is 1. The largest absolute Gasteiger partial charge is 0.465 e. The summed E-state index contributed by atoms with van der Waals surface area (Å²) < 4.78 is 6.33. The van der Waals surface area contributed by atoms with E-state index in [0.717, 1.165) is 12.0 Å². The number of aromatic nitrogens is 3. The van der Waals surface area contributed by atoms with E-state index in [1.807, 2.05) is 6.92 Å². The molecule has 0 aliphatic heterocycles. The highest BCUT2D eigenvalue weighted by Gasteiger charge is 2.14. The van der Waals surface area contributed by atoms with Gasteiger partial charge in [0.05, 0.1) is 12.4 Å². The van der Waals surface area contributed by atoms with Crippen LogP contribution in [0.25, 0.3) is 11.4 Å². The molecule has 0 fully saturated rings. The standard InChI is InChI=1S/C13H15ClN4O2S/c1-2-7-20-11(19)8-21-13-17-16-12(18(13)15)9-3-5-10(14)6-4-9/h3-6H,2,7-8,15H2,1H3. The second-order valence-corrected chi connectivity index (χ2v) is 5.57. The zero-order valence-corrected chi connectivity index (χ0v) is 13.0. The van der Waals surface area contributed by atoms with Gasteiger partial charge in [0.2, 0.25) is 5.16 Å². The Morgan fingerprint density at radius 3 is 2.76 bits per heavy atom. The van der Waals surface area contributed by atoms with Gasteiger partial charge in [0.25, 0.3) is 0 Å². The summed E-state index contributed by atoms with van der Waals surface area (Å²) in [5.74, 6) is 6.31.